The lowest BCUT2D eigenvalue weighted by atomic mass is 10.0. The van der Waals surface area contributed by atoms with Crippen molar-refractivity contribution in [2.75, 3.05) is 7.11 Å². The Labute approximate surface area is 111 Å². The number of rotatable bonds is 5. The number of hydrogen-bond acceptors (Lipinski definition) is 3. The Bertz CT molecular complexity index is 531. The summed E-state index contributed by atoms with van der Waals surface area (Å²) < 4.78 is 18.4. The fourth-order valence-electron chi connectivity index (χ4n) is 1.95. The second kappa shape index (κ2) is 6.29. The van der Waals surface area contributed by atoms with Crippen LogP contribution in [0.15, 0.2) is 42.6 Å². The van der Waals surface area contributed by atoms with Gasteiger partial charge in [0.2, 0.25) is 0 Å². The number of methoxy groups -OCH3 is 1. The number of aliphatic hydroxyl groups is 1. The van der Waals surface area contributed by atoms with Crippen LogP contribution in [0.25, 0.3) is 0 Å². The first kappa shape index (κ1) is 13.5. The van der Waals surface area contributed by atoms with E-state index in [-0.39, 0.29) is 5.82 Å². The molecule has 2 rings (SSSR count). The Morgan fingerprint density at radius 3 is 2.84 bits per heavy atom. The van der Waals surface area contributed by atoms with Gasteiger partial charge in [-0.25, -0.2) is 4.39 Å². The molecule has 0 saturated heterocycles. The van der Waals surface area contributed by atoms with Crippen molar-refractivity contribution in [1.82, 2.24) is 4.98 Å². The van der Waals surface area contributed by atoms with Crippen LogP contribution in [0.3, 0.4) is 0 Å². The Morgan fingerprint density at radius 2 is 2.16 bits per heavy atom. The molecule has 1 atom stereocenters. The third-order valence-electron chi connectivity index (χ3n) is 2.95. The van der Waals surface area contributed by atoms with Crippen LogP contribution in [0.2, 0.25) is 0 Å². The molecule has 0 aliphatic rings. The highest BCUT2D eigenvalue weighted by Gasteiger charge is 2.14. The molecule has 0 radical (unpaired) electrons. The highest BCUT2D eigenvalue weighted by atomic mass is 19.1. The Hall–Kier alpha value is -1.94. The van der Waals surface area contributed by atoms with Gasteiger partial charge in [-0.05, 0) is 43.2 Å². The van der Waals surface area contributed by atoms with Crippen molar-refractivity contribution < 1.29 is 14.2 Å². The van der Waals surface area contributed by atoms with E-state index >= 15 is 0 Å². The van der Waals surface area contributed by atoms with Crippen molar-refractivity contribution in [3.05, 3.63) is 59.7 Å². The summed E-state index contributed by atoms with van der Waals surface area (Å²) in [6.07, 6.45) is 2.04. The topological polar surface area (TPSA) is 42.4 Å². The average molecular weight is 261 g/mol. The summed E-state index contributed by atoms with van der Waals surface area (Å²) in [4.78, 5) is 4.19. The summed E-state index contributed by atoms with van der Waals surface area (Å²) in [7, 11) is 1.50. The van der Waals surface area contributed by atoms with Crippen LogP contribution in [0.4, 0.5) is 4.39 Å². The summed E-state index contributed by atoms with van der Waals surface area (Å²) in [5.74, 6) is 0.114. The predicted octanol–water partition coefficient (Wildman–Crippen LogP) is 2.90. The molecule has 19 heavy (non-hydrogen) atoms. The predicted molar refractivity (Wildman–Crippen MR) is 70.5 cm³/mol. The number of hydrogen-bond donors (Lipinski definition) is 1. The molecule has 0 fully saturated rings. The molecule has 100 valence electrons. The average Bonchev–Trinajstić information content (AvgIpc) is 2.46. The Morgan fingerprint density at radius 1 is 1.32 bits per heavy atom. The molecule has 0 aliphatic carbocycles. The molecule has 1 N–H and O–H groups in total. The highest BCUT2D eigenvalue weighted by molar-refractivity contribution is 5.35. The molecule has 0 saturated carbocycles. The molecule has 0 aliphatic heterocycles. The van der Waals surface area contributed by atoms with Gasteiger partial charge in [0.05, 0.1) is 13.2 Å². The minimum Gasteiger partial charge on any atom is -0.496 e. The van der Waals surface area contributed by atoms with Gasteiger partial charge in [-0.2, -0.15) is 0 Å². The van der Waals surface area contributed by atoms with Crippen molar-refractivity contribution in [3.8, 4) is 5.75 Å². The molecular formula is C15H16FNO2. The zero-order valence-electron chi connectivity index (χ0n) is 10.7. The summed E-state index contributed by atoms with van der Waals surface area (Å²) >= 11 is 0. The van der Waals surface area contributed by atoms with Crippen molar-refractivity contribution in [3.63, 3.8) is 0 Å². The van der Waals surface area contributed by atoms with Crippen LogP contribution in [-0.2, 0) is 6.42 Å². The van der Waals surface area contributed by atoms with E-state index in [1.165, 1.54) is 25.3 Å². The molecule has 3 nitrogen and oxygen atoms in total. The fraction of sp³-hybridized carbons (Fsp3) is 0.267. The maximum Gasteiger partial charge on any atom is 0.124 e. The summed E-state index contributed by atoms with van der Waals surface area (Å²) in [6.45, 7) is 0. The van der Waals surface area contributed by atoms with Crippen LogP contribution >= 0.6 is 0 Å². The first-order valence-electron chi connectivity index (χ1n) is 6.12. The van der Waals surface area contributed by atoms with E-state index in [1.807, 2.05) is 18.2 Å². The van der Waals surface area contributed by atoms with Crippen LogP contribution in [-0.4, -0.2) is 17.2 Å². The fourth-order valence-corrected chi connectivity index (χ4v) is 1.95. The molecule has 0 spiro atoms. The minimum atomic E-state index is -0.771. The number of aryl methyl sites for hydroxylation is 1. The van der Waals surface area contributed by atoms with Gasteiger partial charge in [0.25, 0.3) is 0 Å². The van der Waals surface area contributed by atoms with Gasteiger partial charge in [0.15, 0.2) is 0 Å². The molecule has 1 aromatic carbocycles. The number of aliphatic hydroxyl groups excluding tert-OH is 1. The SMILES string of the molecule is COc1ccc(F)cc1C(O)CCc1ccccn1. The van der Waals surface area contributed by atoms with E-state index in [2.05, 4.69) is 4.98 Å². The molecule has 0 bridgehead atoms. The maximum absolute atomic E-state index is 13.2. The number of benzene rings is 1. The normalized spacial score (nSPS) is 12.2. The lowest BCUT2D eigenvalue weighted by Gasteiger charge is -2.14. The Kier molecular flexibility index (Phi) is 4.47. The van der Waals surface area contributed by atoms with Crippen molar-refractivity contribution in [1.29, 1.82) is 0 Å². The number of ether oxygens (including phenoxy) is 1. The number of nitrogens with zero attached hydrogens (tertiary/aromatic N) is 1. The largest absolute Gasteiger partial charge is 0.496 e. The van der Waals surface area contributed by atoms with Crippen molar-refractivity contribution in [2.45, 2.75) is 18.9 Å². The molecular weight excluding hydrogens is 245 g/mol. The van der Waals surface area contributed by atoms with E-state index in [0.717, 1.165) is 5.69 Å². The van der Waals surface area contributed by atoms with Gasteiger partial charge >= 0.3 is 0 Å². The van der Waals surface area contributed by atoms with E-state index in [0.29, 0.717) is 24.2 Å². The molecule has 1 aromatic heterocycles. The van der Waals surface area contributed by atoms with Gasteiger partial charge in [-0.15, -0.1) is 0 Å². The monoisotopic (exact) mass is 261 g/mol. The molecule has 4 heteroatoms. The summed E-state index contributed by atoms with van der Waals surface area (Å²) in [5.41, 5.74) is 1.37. The third kappa shape index (κ3) is 3.51. The first-order chi connectivity index (χ1) is 9.20. The van der Waals surface area contributed by atoms with Crippen LogP contribution < -0.4 is 4.74 Å². The zero-order valence-corrected chi connectivity index (χ0v) is 10.7. The summed E-state index contributed by atoms with van der Waals surface area (Å²) in [6, 6.07) is 9.78. The molecule has 1 heterocycles. The van der Waals surface area contributed by atoms with Crippen molar-refractivity contribution in [2.24, 2.45) is 0 Å². The van der Waals surface area contributed by atoms with Gasteiger partial charge in [-0.3, -0.25) is 4.98 Å². The second-order valence-electron chi connectivity index (χ2n) is 4.26. The number of halogens is 1. The maximum atomic E-state index is 13.2. The van der Waals surface area contributed by atoms with E-state index < -0.39 is 6.10 Å². The van der Waals surface area contributed by atoms with E-state index in [4.69, 9.17) is 4.74 Å². The van der Waals surface area contributed by atoms with Gasteiger partial charge in [0, 0.05) is 17.5 Å². The lowest BCUT2D eigenvalue weighted by molar-refractivity contribution is 0.163. The lowest BCUT2D eigenvalue weighted by Crippen LogP contribution is -2.03. The molecule has 1 unspecified atom stereocenters. The zero-order chi connectivity index (χ0) is 13.7. The number of aromatic nitrogens is 1. The number of pyridine rings is 1. The smallest absolute Gasteiger partial charge is 0.124 e. The van der Waals surface area contributed by atoms with Gasteiger partial charge in [-0.1, -0.05) is 6.07 Å². The van der Waals surface area contributed by atoms with Crippen LogP contribution in [0.5, 0.6) is 5.75 Å². The first-order valence-corrected chi connectivity index (χ1v) is 6.12. The van der Waals surface area contributed by atoms with Crippen LogP contribution in [0, 0.1) is 5.82 Å². The quantitative estimate of drug-likeness (QED) is 0.899. The van der Waals surface area contributed by atoms with Gasteiger partial charge in [0.1, 0.15) is 11.6 Å². The van der Waals surface area contributed by atoms with E-state index in [1.54, 1.807) is 6.20 Å². The van der Waals surface area contributed by atoms with Gasteiger partial charge < -0.3 is 9.84 Å². The van der Waals surface area contributed by atoms with Crippen molar-refractivity contribution >= 4 is 0 Å². The minimum absolute atomic E-state index is 0.382. The van der Waals surface area contributed by atoms with E-state index in [9.17, 15) is 9.50 Å². The summed E-state index contributed by atoms with van der Waals surface area (Å²) in [5, 5.41) is 10.1. The second-order valence-corrected chi connectivity index (χ2v) is 4.26. The highest BCUT2D eigenvalue weighted by Crippen LogP contribution is 2.28. The third-order valence-corrected chi connectivity index (χ3v) is 2.95. The van der Waals surface area contributed by atoms with Crippen LogP contribution in [0.1, 0.15) is 23.8 Å². The molecule has 2 aromatic rings. The molecule has 0 amide bonds. The Balaban J connectivity index is 2.07. The standard InChI is InChI=1S/C15H16FNO2/c1-19-15-8-5-11(16)10-13(15)14(18)7-6-12-4-2-3-9-17-12/h2-5,8-10,14,18H,6-7H2,1H3.